The molecule has 2 heteroatoms. The smallest absolute Gasteiger partial charge is 0.116 e. The number of benzene rings is 9. The van der Waals surface area contributed by atoms with E-state index < -0.39 is 5.41 Å². The van der Waals surface area contributed by atoms with E-state index in [2.05, 4.69) is 161 Å². The second kappa shape index (κ2) is 16.8. The van der Waals surface area contributed by atoms with E-state index in [0.29, 0.717) is 0 Å². The van der Waals surface area contributed by atoms with Crippen molar-refractivity contribution in [3.63, 3.8) is 0 Å². The van der Waals surface area contributed by atoms with Crippen LogP contribution in [0.4, 0.5) is 0 Å². The summed E-state index contributed by atoms with van der Waals surface area (Å²) >= 11 is 0. The van der Waals surface area contributed by atoms with Crippen molar-refractivity contribution in [3.05, 3.63) is 203 Å². The van der Waals surface area contributed by atoms with Gasteiger partial charge in [-0.3, -0.25) is 0 Å². The average Bonchev–Trinajstić information content (AvgIpc) is 3.56. The maximum Gasteiger partial charge on any atom is 0.116 e. The van der Waals surface area contributed by atoms with Crippen molar-refractivity contribution in [2.24, 2.45) is 0 Å². The lowest BCUT2D eigenvalue weighted by molar-refractivity contribution is 0.475. The summed E-state index contributed by atoms with van der Waals surface area (Å²) in [5, 5.41) is 29.8. The van der Waals surface area contributed by atoms with Gasteiger partial charge in [-0.25, -0.2) is 0 Å². The van der Waals surface area contributed by atoms with Crippen LogP contribution in [-0.4, -0.2) is 10.2 Å². The van der Waals surface area contributed by atoms with Gasteiger partial charge in [-0.05, 0) is 137 Å². The second-order valence-electron chi connectivity index (χ2n) is 14.6. The summed E-state index contributed by atoms with van der Waals surface area (Å²) in [6.45, 7) is 12.7. The highest BCUT2D eigenvalue weighted by molar-refractivity contribution is 6.05. The number of aryl methyl sites for hydroxylation is 2. The molecule has 2 N–H and O–H groups in total. The lowest BCUT2D eigenvalue weighted by Crippen LogP contribution is -2.28. The van der Waals surface area contributed by atoms with Crippen LogP contribution in [0.5, 0.6) is 11.5 Å². The number of fused-ring (bicyclic) bond motifs is 7. The van der Waals surface area contributed by atoms with Crippen molar-refractivity contribution >= 4 is 43.1 Å². The first-order valence-corrected chi connectivity index (χ1v) is 20.4. The topological polar surface area (TPSA) is 40.5 Å². The molecule has 1 aliphatic carbocycles. The minimum absolute atomic E-state index is 0.273. The minimum Gasteiger partial charge on any atom is -0.508 e. The molecule has 9 aromatic carbocycles. The molecule has 0 aliphatic heterocycles. The third-order valence-electron chi connectivity index (χ3n) is 11.1. The Balaban J connectivity index is 0.000000189. The van der Waals surface area contributed by atoms with Crippen LogP contribution in [0.15, 0.2) is 170 Å². The van der Waals surface area contributed by atoms with E-state index >= 15 is 0 Å². The molecule has 284 valence electrons. The Morgan fingerprint density at radius 2 is 0.772 bits per heavy atom. The van der Waals surface area contributed by atoms with Gasteiger partial charge in [0.05, 0.1) is 5.41 Å². The normalized spacial score (nSPS) is 12.1. The molecule has 0 fully saturated rings. The molecule has 2 nitrogen and oxygen atoms in total. The molecule has 0 amide bonds. The zero-order chi connectivity index (χ0) is 40.1. The second-order valence-corrected chi connectivity index (χ2v) is 14.6. The predicted molar refractivity (Wildman–Crippen MR) is 245 cm³/mol. The van der Waals surface area contributed by atoms with Crippen molar-refractivity contribution in [3.8, 4) is 22.6 Å². The molecule has 0 radical (unpaired) electrons. The van der Waals surface area contributed by atoms with Gasteiger partial charge in [-0.1, -0.05) is 174 Å². The molecule has 0 saturated heterocycles. The summed E-state index contributed by atoms with van der Waals surface area (Å²) < 4.78 is 0. The zero-order valence-corrected chi connectivity index (χ0v) is 34.0. The molecular weight excluding hydrogens is 693 g/mol. The number of aromatic hydroxyl groups is 2. The quantitative estimate of drug-likeness (QED) is 0.177. The summed E-state index contributed by atoms with van der Waals surface area (Å²) in [5.74, 6) is 0.545. The van der Waals surface area contributed by atoms with E-state index in [-0.39, 0.29) is 11.5 Å². The molecule has 57 heavy (non-hydrogen) atoms. The predicted octanol–water partition coefficient (Wildman–Crippen LogP) is 15.1. The Morgan fingerprint density at radius 3 is 1.19 bits per heavy atom. The Kier molecular flexibility index (Phi) is 11.4. The first-order valence-electron chi connectivity index (χ1n) is 20.4. The Hall–Kier alpha value is -6.38. The number of hydrogen-bond acceptors (Lipinski definition) is 2. The van der Waals surface area contributed by atoms with E-state index in [1.54, 1.807) is 12.1 Å². The maximum atomic E-state index is 10.0. The molecule has 0 atom stereocenters. The van der Waals surface area contributed by atoms with Crippen LogP contribution in [0.3, 0.4) is 0 Å². The van der Waals surface area contributed by atoms with Crippen LogP contribution in [0, 0.1) is 6.92 Å². The fraction of sp³-hybridized carbons (Fsp3) is 0.164. The van der Waals surface area contributed by atoms with E-state index in [1.165, 1.54) is 72.5 Å². The fourth-order valence-corrected chi connectivity index (χ4v) is 8.77. The van der Waals surface area contributed by atoms with E-state index in [0.717, 1.165) is 28.0 Å². The van der Waals surface area contributed by atoms with Crippen LogP contribution in [0.1, 0.15) is 74.4 Å². The molecule has 10 rings (SSSR count). The van der Waals surface area contributed by atoms with Crippen molar-refractivity contribution < 1.29 is 10.2 Å². The van der Waals surface area contributed by atoms with Gasteiger partial charge in [0.15, 0.2) is 0 Å². The minimum atomic E-state index is -0.495. The molecule has 0 unspecified atom stereocenters. The van der Waals surface area contributed by atoms with Gasteiger partial charge in [0.2, 0.25) is 0 Å². The van der Waals surface area contributed by atoms with Crippen LogP contribution in [0.2, 0.25) is 0 Å². The number of phenolic OH excluding ortho intramolecular Hbond substituents is 2. The van der Waals surface area contributed by atoms with Gasteiger partial charge in [-0.15, -0.1) is 0 Å². The highest BCUT2D eigenvalue weighted by Crippen LogP contribution is 2.56. The molecule has 0 aromatic heterocycles. The summed E-state index contributed by atoms with van der Waals surface area (Å²) in [6, 6.07) is 59.1. The SMILES string of the molecule is CC.CCC.CCc1c2ccccc2c(C)c2ccccc12.Oc1ccc2cc(C3(c4ccc5cc(O)ccc5c4)c4ccccc4-c4ccccc43)ccc2c1. The Labute approximate surface area is 337 Å². The van der Waals surface area contributed by atoms with Crippen molar-refractivity contribution in [1.82, 2.24) is 0 Å². The van der Waals surface area contributed by atoms with Crippen molar-refractivity contribution in [1.29, 1.82) is 0 Å². The van der Waals surface area contributed by atoms with Gasteiger partial charge >= 0.3 is 0 Å². The summed E-state index contributed by atoms with van der Waals surface area (Å²) in [6.07, 6.45) is 2.33. The summed E-state index contributed by atoms with van der Waals surface area (Å²) in [5.41, 5.74) is 9.77. The van der Waals surface area contributed by atoms with Crippen LogP contribution in [-0.2, 0) is 11.8 Å². The van der Waals surface area contributed by atoms with E-state index in [9.17, 15) is 10.2 Å². The Morgan fingerprint density at radius 1 is 0.421 bits per heavy atom. The standard InChI is InChI=1S/C33H22O2.C17H16.C3H8.C2H6/c34-27-15-11-21-17-25(13-9-23(21)19-27)33(26-14-10-24-20-28(35)16-12-22(24)18-26)31-7-3-1-5-29(31)30-6-2-4-8-32(30)33;1-3-13-16-10-6-4-8-14(16)12(2)15-9-5-7-11-17(13)15;1-3-2;1-2/h1-20,34-35H;4-11H,3H2,1-2H3;3H2,1-2H3;1-2H3. The monoisotopic (exact) mass is 744 g/mol. The lowest BCUT2D eigenvalue weighted by Gasteiger charge is -2.34. The first-order chi connectivity index (χ1) is 27.9. The largest absolute Gasteiger partial charge is 0.508 e. The molecule has 1 aliphatic rings. The highest BCUT2D eigenvalue weighted by atomic mass is 16.3. The number of phenols is 2. The third kappa shape index (κ3) is 6.91. The molecule has 0 spiro atoms. The van der Waals surface area contributed by atoms with Gasteiger partial charge < -0.3 is 10.2 Å². The van der Waals surface area contributed by atoms with Crippen molar-refractivity contribution in [2.45, 2.75) is 59.8 Å². The molecule has 0 bridgehead atoms. The van der Waals surface area contributed by atoms with Gasteiger partial charge in [-0.2, -0.15) is 0 Å². The van der Waals surface area contributed by atoms with Crippen LogP contribution in [0.25, 0.3) is 54.2 Å². The molecular formula is C55H52O2. The van der Waals surface area contributed by atoms with Gasteiger partial charge in [0.1, 0.15) is 11.5 Å². The summed E-state index contributed by atoms with van der Waals surface area (Å²) in [7, 11) is 0. The van der Waals surface area contributed by atoms with Gasteiger partial charge in [0, 0.05) is 0 Å². The zero-order valence-electron chi connectivity index (χ0n) is 34.0. The molecule has 0 saturated carbocycles. The average molecular weight is 745 g/mol. The first kappa shape index (κ1) is 38.9. The summed E-state index contributed by atoms with van der Waals surface area (Å²) in [4.78, 5) is 0. The maximum absolute atomic E-state index is 10.0. The third-order valence-corrected chi connectivity index (χ3v) is 11.1. The molecule has 0 heterocycles. The van der Waals surface area contributed by atoms with Crippen LogP contribution < -0.4 is 0 Å². The highest BCUT2D eigenvalue weighted by Gasteiger charge is 2.46. The van der Waals surface area contributed by atoms with E-state index in [4.69, 9.17) is 0 Å². The number of hydrogen-bond donors (Lipinski definition) is 2. The fourth-order valence-electron chi connectivity index (χ4n) is 8.77. The Bertz CT molecular complexity index is 2660. The molecule has 9 aromatic rings. The van der Waals surface area contributed by atoms with Gasteiger partial charge in [0.25, 0.3) is 0 Å². The van der Waals surface area contributed by atoms with Crippen molar-refractivity contribution in [2.75, 3.05) is 0 Å². The van der Waals surface area contributed by atoms with E-state index in [1.807, 2.05) is 38.1 Å². The van der Waals surface area contributed by atoms with Crippen LogP contribution >= 0.6 is 0 Å². The number of rotatable bonds is 3. The lowest BCUT2D eigenvalue weighted by atomic mass is 9.67.